The van der Waals surface area contributed by atoms with Gasteiger partial charge in [-0.3, -0.25) is 4.79 Å². The van der Waals surface area contributed by atoms with Crippen LogP contribution in [0, 0.1) is 0 Å². The Labute approximate surface area is 112 Å². The third kappa shape index (κ3) is 4.87. The molecule has 4 N–H and O–H groups in total. The summed E-state index contributed by atoms with van der Waals surface area (Å²) in [6, 6.07) is 4.53. The van der Waals surface area contributed by atoms with Crippen LogP contribution in [-0.2, 0) is 0 Å². The number of hydrogen-bond acceptors (Lipinski definition) is 4. The number of nitrogens with two attached hydrogens (primary N) is 1. The number of phenolic OH excluding ortho intramolecular Hbond substituents is 1. The number of carbonyl (C=O) groups is 1. The van der Waals surface area contributed by atoms with Gasteiger partial charge in [0.25, 0.3) is 5.91 Å². The van der Waals surface area contributed by atoms with E-state index in [0.29, 0.717) is 12.1 Å². The summed E-state index contributed by atoms with van der Waals surface area (Å²) in [5.74, 6) is 0.942. The van der Waals surface area contributed by atoms with Crippen LogP contribution < -0.4 is 11.1 Å². The summed E-state index contributed by atoms with van der Waals surface area (Å²) >= 11 is 1.84. The van der Waals surface area contributed by atoms with Crippen molar-refractivity contribution >= 4 is 23.4 Å². The molecule has 1 rings (SSSR count). The maximum atomic E-state index is 11.7. The van der Waals surface area contributed by atoms with E-state index in [4.69, 9.17) is 5.73 Å². The quantitative estimate of drug-likeness (QED) is 0.403. The van der Waals surface area contributed by atoms with Crippen LogP contribution in [0.1, 0.15) is 29.6 Å². The Bertz CT molecular complexity index is 397. The molecule has 1 aromatic rings. The topological polar surface area (TPSA) is 75.4 Å². The van der Waals surface area contributed by atoms with E-state index < -0.39 is 0 Å². The van der Waals surface area contributed by atoms with E-state index in [0.717, 1.165) is 12.8 Å². The Kier molecular flexibility index (Phi) is 6.43. The van der Waals surface area contributed by atoms with Gasteiger partial charge < -0.3 is 16.2 Å². The van der Waals surface area contributed by atoms with Crippen molar-refractivity contribution in [2.75, 3.05) is 24.3 Å². The van der Waals surface area contributed by atoms with Crippen LogP contribution in [0.3, 0.4) is 0 Å². The number of phenols is 1. The number of benzene rings is 1. The van der Waals surface area contributed by atoms with Crippen molar-refractivity contribution in [3.05, 3.63) is 23.8 Å². The van der Waals surface area contributed by atoms with Crippen molar-refractivity contribution in [1.82, 2.24) is 5.32 Å². The van der Waals surface area contributed by atoms with Gasteiger partial charge in [0.15, 0.2) is 0 Å². The molecule has 1 amide bonds. The highest BCUT2D eigenvalue weighted by Crippen LogP contribution is 2.20. The second kappa shape index (κ2) is 7.87. The zero-order valence-electron chi connectivity index (χ0n) is 10.6. The normalized spacial score (nSPS) is 10.3. The largest absolute Gasteiger partial charge is 0.506 e. The summed E-state index contributed by atoms with van der Waals surface area (Å²) in [7, 11) is 0. The summed E-state index contributed by atoms with van der Waals surface area (Å²) in [4.78, 5) is 11.7. The molecule has 0 aromatic heterocycles. The van der Waals surface area contributed by atoms with E-state index in [1.165, 1.54) is 24.3 Å². The van der Waals surface area contributed by atoms with E-state index in [1.54, 1.807) is 6.07 Å². The second-order valence-electron chi connectivity index (χ2n) is 4.08. The van der Waals surface area contributed by atoms with Gasteiger partial charge in [-0.05, 0) is 43.0 Å². The molecule has 0 bridgehead atoms. The molecule has 0 saturated heterocycles. The first-order valence-electron chi connectivity index (χ1n) is 6.00. The minimum Gasteiger partial charge on any atom is -0.506 e. The second-order valence-corrected chi connectivity index (χ2v) is 5.07. The van der Waals surface area contributed by atoms with Crippen LogP contribution in [0.2, 0.25) is 0 Å². The van der Waals surface area contributed by atoms with E-state index in [9.17, 15) is 9.90 Å². The molecule has 0 saturated carbocycles. The number of carbonyl (C=O) groups excluding carboxylic acids is 1. The predicted molar refractivity (Wildman–Crippen MR) is 77.1 cm³/mol. The van der Waals surface area contributed by atoms with Gasteiger partial charge in [-0.2, -0.15) is 11.8 Å². The zero-order chi connectivity index (χ0) is 13.4. The fourth-order valence-corrected chi connectivity index (χ4v) is 2.03. The van der Waals surface area contributed by atoms with Crippen molar-refractivity contribution < 1.29 is 9.90 Å². The first kappa shape index (κ1) is 14.7. The summed E-state index contributed by atoms with van der Waals surface area (Å²) in [5, 5.41) is 12.2. The third-order valence-electron chi connectivity index (χ3n) is 2.60. The van der Waals surface area contributed by atoms with Crippen LogP contribution in [0.15, 0.2) is 18.2 Å². The molecule has 0 atom stereocenters. The number of unbranched alkanes of at least 4 members (excludes halogenated alkanes) is 2. The minimum absolute atomic E-state index is 0.0531. The van der Waals surface area contributed by atoms with Crippen molar-refractivity contribution in [2.24, 2.45) is 0 Å². The number of hydrogen-bond donors (Lipinski definition) is 3. The molecule has 18 heavy (non-hydrogen) atoms. The summed E-state index contributed by atoms with van der Waals surface area (Å²) in [5.41, 5.74) is 6.19. The Hall–Kier alpha value is -1.36. The number of thioether (sulfide) groups is 1. The van der Waals surface area contributed by atoms with Gasteiger partial charge in [0.1, 0.15) is 5.75 Å². The summed E-state index contributed by atoms with van der Waals surface area (Å²) < 4.78 is 0. The van der Waals surface area contributed by atoms with Crippen LogP contribution in [-0.4, -0.2) is 29.6 Å². The summed E-state index contributed by atoms with van der Waals surface area (Å²) in [6.45, 7) is 0.665. The Morgan fingerprint density at radius 3 is 2.83 bits per heavy atom. The molecular weight excluding hydrogens is 248 g/mol. The smallest absolute Gasteiger partial charge is 0.251 e. The van der Waals surface area contributed by atoms with E-state index in [-0.39, 0.29) is 17.3 Å². The van der Waals surface area contributed by atoms with E-state index in [1.807, 2.05) is 11.8 Å². The number of aromatic hydroxyl groups is 1. The highest BCUT2D eigenvalue weighted by Gasteiger charge is 2.06. The molecule has 1 aromatic carbocycles. The molecule has 0 aliphatic carbocycles. The Balaban J connectivity index is 2.30. The molecule has 0 aliphatic heterocycles. The predicted octanol–water partition coefficient (Wildman–Crippen LogP) is 2.24. The minimum atomic E-state index is -0.171. The fraction of sp³-hybridized carbons (Fsp3) is 0.462. The number of amides is 1. The maximum Gasteiger partial charge on any atom is 0.251 e. The molecule has 4 nitrogen and oxygen atoms in total. The van der Waals surface area contributed by atoms with Crippen LogP contribution in [0.5, 0.6) is 5.75 Å². The zero-order valence-corrected chi connectivity index (χ0v) is 11.4. The molecule has 0 unspecified atom stereocenters. The van der Waals surface area contributed by atoms with Crippen LogP contribution >= 0.6 is 11.8 Å². The van der Waals surface area contributed by atoms with Crippen molar-refractivity contribution in [3.63, 3.8) is 0 Å². The first-order chi connectivity index (χ1) is 8.65. The molecule has 5 heteroatoms. The highest BCUT2D eigenvalue weighted by molar-refractivity contribution is 7.98. The SMILES string of the molecule is CSCCCCCNC(=O)c1ccc(N)c(O)c1. The molecule has 0 aliphatic rings. The monoisotopic (exact) mass is 268 g/mol. The summed E-state index contributed by atoms with van der Waals surface area (Å²) in [6.07, 6.45) is 5.37. The van der Waals surface area contributed by atoms with Crippen LogP contribution in [0.25, 0.3) is 0 Å². The lowest BCUT2D eigenvalue weighted by atomic mass is 10.1. The highest BCUT2D eigenvalue weighted by atomic mass is 32.2. The van der Waals surface area contributed by atoms with Crippen molar-refractivity contribution in [3.8, 4) is 5.75 Å². The lowest BCUT2D eigenvalue weighted by Crippen LogP contribution is -2.24. The van der Waals surface area contributed by atoms with Crippen molar-refractivity contribution in [2.45, 2.75) is 19.3 Å². The van der Waals surface area contributed by atoms with Gasteiger partial charge in [0, 0.05) is 12.1 Å². The molecule has 0 spiro atoms. The van der Waals surface area contributed by atoms with Gasteiger partial charge in [-0.1, -0.05) is 6.42 Å². The number of rotatable bonds is 7. The lowest BCUT2D eigenvalue weighted by molar-refractivity contribution is 0.0952. The molecule has 0 fully saturated rings. The van der Waals surface area contributed by atoms with Crippen molar-refractivity contribution in [1.29, 1.82) is 0 Å². The van der Waals surface area contributed by atoms with Gasteiger partial charge in [-0.25, -0.2) is 0 Å². The molecule has 100 valence electrons. The molecule has 0 heterocycles. The average Bonchev–Trinajstić information content (AvgIpc) is 2.36. The fourth-order valence-electron chi connectivity index (χ4n) is 1.54. The maximum absolute atomic E-state index is 11.7. The van der Waals surface area contributed by atoms with Gasteiger partial charge in [0.05, 0.1) is 5.69 Å². The Morgan fingerprint density at radius 2 is 2.17 bits per heavy atom. The molecular formula is C13H20N2O2S. The standard InChI is InChI=1S/C13H20N2O2S/c1-18-8-4-2-3-7-15-13(17)10-5-6-11(14)12(16)9-10/h5-6,9,16H,2-4,7-8,14H2,1H3,(H,15,17). The van der Waals surface area contributed by atoms with E-state index in [2.05, 4.69) is 11.6 Å². The lowest BCUT2D eigenvalue weighted by Gasteiger charge is -2.06. The van der Waals surface area contributed by atoms with Gasteiger partial charge >= 0.3 is 0 Å². The van der Waals surface area contributed by atoms with Gasteiger partial charge in [0.2, 0.25) is 0 Å². The number of anilines is 1. The first-order valence-corrected chi connectivity index (χ1v) is 7.40. The van der Waals surface area contributed by atoms with E-state index >= 15 is 0 Å². The number of nitrogens with one attached hydrogen (secondary N) is 1. The van der Waals surface area contributed by atoms with Crippen LogP contribution in [0.4, 0.5) is 5.69 Å². The third-order valence-corrected chi connectivity index (χ3v) is 3.30. The molecule has 0 radical (unpaired) electrons. The Morgan fingerprint density at radius 1 is 1.39 bits per heavy atom. The number of nitrogen functional groups attached to an aromatic ring is 1. The van der Waals surface area contributed by atoms with Gasteiger partial charge in [-0.15, -0.1) is 0 Å². The average molecular weight is 268 g/mol.